The van der Waals surface area contributed by atoms with Gasteiger partial charge in [0, 0.05) is 6.54 Å². The Morgan fingerprint density at radius 1 is 1.35 bits per heavy atom. The van der Waals surface area contributed by atoms with E-state index in [1.165, 1.54) is 6.42 Å². The summed E-state index contributed by atoms with van der Waals surface area (Å²) in [7, 11) is 0. The number of carbonyl (C=O) groups excluding carboxylic acids is 1. The maximum Gasteiger partial charge on any atom is 0.308 e. The zero-order valence-corrected chi connectivity index (χ0v) is 13.1. The van der Waals surface area contributed by atoms with Gasteiger partial charge in [0.25, 0.3) is 0 Å². The van der Waals surface area contributed by atoms with Crippen molar-refractivity contribution >= 4 is 5.97 Å². The molecular weight excluding hydrogens is 254 g/mol. The van der Waals surface area contributed by atoms with Crippen molar-refractivity contribution in [1.82, 2.24) is 5.32 Å². The summed E-state index contributed by atoms with van der Waals surface area (Å²) >= 11 is 0. The molecule has 2 aliphatic rings. The van der Waals surface area contributed by atoms with Gasteiger partial charge in [0.1, 0.15) is 0 Å². The second kappa shape index (κ2) is 6.02. The van der Waals surface area contributed by atoms with Crippen LogP contribution in [0.4, 0.5) is 0 Å². The first-order valence-corrected chi connectivity index (χ1v) is 7.96. The quantitative estimate of drug-likeness (QED) is 0.733. The minimum atomic E-state index is -0.637. The minimum Gasteiger partial charge on any atom is -0.466 e. The lowest BCUT2D eigenvalue weighted by molar-refractivity contribution is -0.151. The summed E-state index contributed by atoms with van der Waals surface area (Å²) in [5, 5.41) is 14.0. The van der Waals surface area contributed by atoms with E-state index in [0.29, 0.717) is 31.4 Å². The molecule has 2 N–H and O–H groups in total. The van der Waals surface area contributed by atoms with Gasteiger partial charge in [0.15, 0.2) is 0 Å². The van der Waals surface area contributed by atoms with Crippen LogP contribution < -0.4 is 5.32 Å². The monoisotopic (exact) mass is 283 g/mol. The average molecular weight is 283 g/mol. The minimum absolute atomic E-state index is 0.0161. The van der Waals surface area contributed by atoms with E-state index in [-0.39, 0.29) is 11.9 Å². The predicted octanol–water partition coefficient (Wildman–Crippen LogP) is 2.11. The van der Waals surface area contributed by atoms with Crippen molar-refractivity contribution in [2.45, 2.75) is 58.5 Å². The van der Waals surface area contributed by atoms with Gasteiger partial charge in [-0.3, -0.25) is 4.79 Å². The maximum atomic E-state index is 11.7. The number of esters is 1. The highest BCUT2D eigenvalue weighted by molar-refractivity contribution is 5.72. The number of ether oxygens (including phenoxy) is 1. The third-order valence-electron chi connectivity index (χ3n) is 5.10. The first kappa shape index (κ1) is 15.8. The lowest BCUT2D eigenvalue weighted by atomic mass is 9.78. The van der Waals surface area contributed by atoms with E-state index in [1.54, 1.807) is 0 Å². The first-order valence-electron chi connectivity index (χ1n) is 7.96. The van der Waals surface area contributed by atoms with Gasteiger partial charge in [0.2, 0.25) is 0 Å². The van der Waals surface area contributed by atoms with E-state index >= 15 is 0 Å². The van der Waals surface area contributed by atoms with Crippen molar-refractivity contribution < 1.29 is 14.6 Å². The molecule has 0 spiro atoms. The summed E-state index contributed by atoms with van der Waals surface area (Å²) in [6.07, 6.45) is 4.15. The first-order chi connectivity index (χ1) is 9.36. The topological polar surface area (TPSA) is 58.6 Å². The standard InChI is InChI=1S/C16H29NO3/c1-4-20-14(18)12-5-7-16(19,8-6-12)11-17-10-13-9-15(13,2)3/h12-13,17,19H,4-11H2,1-3H3. The van der Waals surface area contributed by atoms with Gasteiger partial charge in [-0.2, -0.15) is 0 Å². The molecule has 1 atom stereocenters. The van der Waals surface area contributed by atoms with Gasteiger partial charge in [0.05, 0.1) is 18.1 Å². The van der Waals surface area contributed by atoms with E-state index < -0.39 is 5.60 Å². The Kier molecular flexibility index (Phi) is 4.75. The van der Waals surface area contributed by atoms with Gasteiger partial charge >= 0.3 is 5.97 Å². The van der Waals surface area contributed by atoms with Crippen LogP contribution in [0, 0.1) is 17.3 Å². The number of hydrogen-bond acceptors (Lipinski definition) is 4. The molecule has 0 heterocycles. The molecule has 0 radical (unpaired) electrons. The summed E-state index contributed by atoms with van der Waals surface area (Å²) in [5.74, 6) is 0.641. The SMILES string of the molecule is CCOC(=O)C1CCC(O)(CNCC2CC2(C)C)CC1. The number of rotatable bonds is 6. The molecule has 20 heavy (non-hydrogen) atoms. The van der Waals surface area contributed by atoms with Crippen LogP contribution in [0.25, 0.3) is 0 Å². The second-order valence-corrected chi connectivity index (χ2v) is 7.27. The zero-order valence-electron chi connectivity index (χ0n) is 13.1. The summed E-state index contributed by atoms with van der Waals surface area (Å²) < 4.78 is 5.06. The van der Waals surface area contributed by atoms with Crippen LogP contribution in [0.1, 0.15) is 52.9 Å². The predicted molar refractivity (Wildman–Crippen MR) is 78.3 cm³/mol. The third kappa shape index (κ3) is 3.95. The van der Waals surface area contributed by atoms with Gasteiger partial charge in [-0.1, -0.05) is 13.8 Å². The molecule has 0 amide bonds. The number of nitrogens with one attached hydrogen (secondary N) is 1. The summed E-state index contributed by atoms with van der Waals surface area (Å²) in [5.41, 5.74) is -0.154. The van der Waals surface area contributed by atoms with Crippen LogP contribution in [-0.2, 0) is 9.53 Å². The van der Waals surface area contributed by atoms with Crippen LogP contribution in [0.5, 0.6) is 0 Å². The molecule has 2 aliphatic carbocycles. The normalized spacial score (nSPS) is 35.6. The van der Waals surface area contributed by atoms with Gasteiger partial charge in [-0.15, -0.1) is 0 Å². The van der Waals surface area contributed by atoms with Crippen molar-refractivity contribution in [2.75, 3.05) is 19.7 Å². The Morgan fingerprint density at radius 2 is 1.95 bits per heavy atom. The van der Waals surface area contributed by atoms with Crippen LogP contribution >= 0.6 is 0 Å². The zero-order chi connectivity index (χ0) is 14.8. The number of carbonyl (C=O) groups is 1. The Morgan fingerprint density at radius 3 is 2.45 bits per heavy atom. The van der Waals surface area contributed by atoms with Crippen LogP contribution in [0.2, 0.25) is 0 Å². The molecule has 0 aromatic rings. The van der Waals surface area contributed by atoms with Crippen molar-refractivity contribution in [1.29, 1.82) is 0 Å². The Labute approximate surface area is 122 Å². The largest absolute Gasteiger partial charge is 0.466 e. The maximum absolute atomic E-state index is 11.7. The molecule has 0 aliphatic heterocycles. The Bertz CT molecular complexity index is 346. The van der Waals surface area contributed by atoms with Gasteiger partial charge < -0.3 is 15.2 Å². The van der Waals surface area contributed by atoms with Gasteiger partial charge in [-0.05, 0) is 56.9 Å². The second-order valence-electron chi connectivity index (χ2n) is 7.27. The summed E-state index contributed by atoms with van der Waals surface area (Å²) in [4.78, 5) is 11.7. The summed E-state index contributed by atoms with van der Waals surface area (Å²) in [6, 6.07) is 0. The Hall–Kier alpha value is -0.610. The molecule has 1 unspecified atom stereocenters. The Balaban J connectivity index is 1.67. The van der Waals surface area contributed by atoms with Crippen LogP contribution in [0.3, 0.4) is 0 Å². The lowest BCUT2D eigenvalue weighted by Gasteiger charge is -2.35. The molecule has 0 bridgehead atoms. The van der Waals surface area contributed by atoms with Gasteiger partial charge in [-0.25, -0.2) is 0 Å². The van der Waals surface area contributed by atoms with E-state index in [1.807, 2.05) is 6.92 Å². The third-order valence-corrected chi connectivity index (χ3v) is 5.10. The fourth-order valence-corrected chi connectivity index (χ4v) is 3.23. The van der Waals surface area contributed by atoms with E-state index in [9.17, 15) is 9.90 Å². The smallest absolute Gasteiger partial charge is 0.308 e. The molecule has 4 heteroatoms. The molecule has 0 aromatic heterocycles. The number of aliphatic hydroxyl groups is 1. The highest BCUT2D eigenvalue weighted by Gasteiger charge is 2.45. The van der Waals surface area contributed by atoms with E-state index in [4.69, 9.17) is 4.74 Å². The molecule has 0 aromatic carbocycles. The molecule has 2 rings (SSSR count). The summed E-state index contributed by atoms with van der Waals surface area (Å²) in [6.45, 7) is 8.50. The molecule has 4 nitrogen and oxygen atoms in total. The molecule has 2 saturated carbocycles. The van der Waals surface area contributed by atoms with Crippen molar-refractivity contribution in [3.05, 3.63) is 0 Å². The fourth-order valence-electron chi connectivity index (χ4n) is 3.23. The highest BCUT2D eigenvalue weighted by Crippen LogP contribution is 2.51. The van der Waals surface area contributed by atoms with Crippen LogP contribution in [0.15, 0.2) is 0 Å². The average Bonchev–Trinajstić information content (AvgIpc) is 2.98. The van der Waals surface area contributed by atoms with E-state index in [2.05, 4.69) is 19.2 Å². The number of hydrogen-bond donors (Lipinski definition) is 2. The highest BCUT2D eigenvalue weighted by atomic mass is 16.5. The molecule has 2 fully saturated rings. The molecular formula is C16H29NO3. The van der Waals surface area contributed by atoms with Crippen molar-refractivity contribution in [3.8, 4) is 0 Å². The van der Waals surface area contributed by atoms with Crippen molar-refractivity contribution in [2.24, 2.45) is 17.3 Å². The lowest BCUT2D eigenvalue weighted by Crippen LogP contribution is -2.45. The van der Waals surface area contributed by atoms with Crippen molar-refractivity contribution in [3.63, 3.8) is 0 Å². The fraction of sp³-hybridized carbons (Fsp3) is 0.938. The molecule has 116 valence electrons. The van der Waals surface area contributed by atoms with E-state index in [0.717, 1.165) is 25.3 Å². The van der Waals surface area contributed by atoms with Crippen LogP contribution in [-0.4, -0.2) is 36.4 Å². The molecule has 0 saturated heterocycles.